The molecule has 0 heterocycles. The molecule has 174 valence electrons. The number of carbonyl (C=O) groups excluding carboxylic acids is 2. The van der Waals surface area contributed by atoms with Gasteiger partial charge in [-0.3, -0.25) is 4.79 Å². The lowest BCUT2D eigenvalue weighted by Gasteiger charge is -2.13. The molecule has 0 amide bonds. The Bertz CT molecular complexity index is 1210. The van der Waals surface area contributed by atoms with Gasteiger partial charge in [0.15, 0.2) is 5.78 Å². The molecule has 0 atom stereocenters. The topological polar surface area (TPSA) is 71.1 Å². The van der Waals surface area contributed by atoms with Gasteiger partial charge in [0, 0.05) is 5.56 Å². The highest BCUT2D eigenvalue weighted by Crippen LogP contribution is 2.23. The zero-order valence-corrected chi connectivity index (χ0v) is 19.3. The van der Waals surface area contributed by atoms with E-state index in [1.807, 2.05) is 48.5 Å². The minimum Gasteiger partial charge on any atom is -0.503 e. The van der Waals surface area contributed by atoms with Crippen molar-refractivity contribution in [3.8, 4) is 11.5 Å². The van der Waals surface area contributed by atoms with Gasteiger partial charge in [-0.25, -0.2) is 4.79 Å². The predicted molar refractivity (Wildman–Crippen MR) is 131 cm³/mol. The molecule has 0 spiro atoms. The highest BCUT2D eigenvalue weighted by Gasteiger charge is 2.17. The standard InChI is InChI=1S/C28H26O6/c1-31-19-26(28(30)33-3)25-13-5-4-9-22(25)18-34-24-12-6-8-20(16-24)14-15-27(29)21-10-7-11-23(17-21)32-2/h4-17,19H,18H2,1-3H3. The minimum atomic E-state index is -0.498. The summed E-state index contributed by atoms with van der Waals surface area (Å²) in [4.78, 5) is 24.7. The van der Waals surface area contributed by atoms with Crippen molar-refractivity contribution < 1.29 is 28.5 Å². The smallest absolute Gasteiger partial charge is 0.341 e. The average molecular weight is 459 g/mol. The van der Waals surface area contributed by atoms with Crippen molar-refractivity contribution in [2.75, 3.05) is 21.3 Å². The van der Waals surface area contributed by atoms with Crippen LogP contribution in [0.5, 0.6) is 11.5 Å². The molecule has 6 heteroatoms. The number of esters is 1. The zero-order valence-electron chi connectivity index (χ0n) is 19.3. The first-order valence-electron chi connectivity index (χ1n) is 10.5. The summed E-state index contributed by atoms with van der Waals surface area (Å²) in [6.45, 7) is 0.226. The van der Waals surface area contributed by atoms with Crippen molar-refractivity contribution >= 4 is 23.4 Å². The van der Waals surface area contributed by atoms with Gasteiger partial charge >= 0.3 is 5.97 Å². The molecule has 0 aliphatic heterocycles. The van der Waals surface area contributed by atoms with E-state index in [9.17, 15) is 9.59 Å². The largest absolute Gasteiger partial charge is 0.503 e. The second kappa shape index (κ2) is 12.1. The van der Waals surface area contributed by atoms with E-state index in [4.69, 9.17) is 18.9 Å². The Labute approximate surface area is 199 Å². The van der Waals surface area contributed by atoms with Gasteiger partial charge in [0.1, 0.15) is 23.7 Å². The number of hydrogen-bond acceptors (Lipinski definition) is 6. The van der Waals surface area contributed by atoms with Gasteiger partial charge in [-0.05, 0) is 47.0 Å². The van der Waals surface area contributed by atoms with Crippen LogP contribution in [0.1, 0.15) is 27.0 Å². The SMILES string of the molecule is COC=C(C(=O)OC)c1ccccc1COc1cccc(C=CC(=O)c2cccc(OC)c2)c1. The molecule has 6 nitrogen and oxygen atoms in total. The van der Waals surface area contributed by atoms with Gasteiger partial charge in [-0.1, -0.05) is 54.6 Å². The number of ketones is 1. The molecular weight excluding hydrogens is 432 g/mol. The van der Waals surface area contributed by atoms with Gasteiger partial charge in [-0.2, -0.15) is 0 Å². The van der Waals surface area contributed by atoms with Crippen molar-refractivity contribution in [1.29, 1.82) is 0 Å². The highest BCUT2D eigenvalue weighted by molar-refractivity contribution is 6.16. The number of methoxy groups -OCH3 is 3. The Hall–Kier alpha value is -4.32. The maximum atomic E-state index is 12.5. The summed E-state index contributed by atoms with van der Waals surface area (Å²) in [5, 5.41) is 0. The van der Waals surface area contributed by atoms with Gasteiger partial charge in [0.25, 0.3) is 0 Å². The third-order valence-corrected chi connectivity index (χ3v) is 4.98. The van der Waals surface area contributed by atoms with E-state index in [2.05, 4.69) is 0 Å². The maximum absolute atomic E-state index is 12.5. The van der Waals surface area contributed by atoms with Crippen LogP contribution in [0, 0.1) is 0 Å². The molecule has 3 rings (SSSR count). The van der Waals surface area contributed by atoms with Crippen molar-refractivity contribution in [3.63, 3.8) is 0 Å². The van der Waals surface area contributed by atoms with Crippen LogP contribution in [0.4, 0.5) is 0 Å². The lowest BCUT2D eigenvalue weighted by Crippen LogP contribution is -2.08. The lowest BCUT2D eigenvalue weighted by atomic mass is 10.0. The number of carbonyl (C=O) groups is 2. The average Bonchev–Trinajstić information content (AvgIpc) is 2.89. The van der Waals surface area contributed by atoms with E-state index in [0.717, 1.165) is 11.1 Å². The molecule has 3 aromatic carbocycles. The molecule has 0 unspecified atom stereocenters. The Morgan fingerprint density at radius 1 is 0.853 bits per heavy atom. The van der Waals surface area contributed by atoms with Crippen LogP contribution in [-0.4, -0.2) is 33.1 Å². The van der Waals surface area contributed by atoms with Gasteiger partial charge in [-0.15, -0.1) is 0 Å². The molecule has 0 aromatic heterocycles. The molecule has 0 bridgehead atoms. The number of rotatable bonds is 10. The summed E-state index contributed by atoms with van der Waals surface area (Å²) >= 11 is 0. The summed E-state index contributed by atoms with van der Waals surface area (Å²) in [6, 6.07) is 21.8. The molecule has 0 N–H and O–H groups in total. The quantitative estimate of drug-likeness (QED) is 0.177. The van der Waals surface area contributed by atoms with E-state index in [1.165, 1.54) is 26.6 Å². The number of ether oxygens (including phenoxy) is 4. The molecule has 0 saturated heterocycles. The molecule has 0 saturated carbocycles. The van der Waals surface area contributed by atoms with Crippen molar-refractivity contribution in [1.82, 2.24) is 0 Å². The number of hydrogen-bond donors (Lipinski definition) is 0. The number of benzene rings is 3. The Morgan fingerprint density at radius 2 is 1.62 bits per heavy atom. The first-order valence-corrected chi connectivity index (χ1v) is 10.5. The van der Waals surface area contributed by atoms with E-state index in [1.54, 1.807) is 37.5 Å². The fraction of sp³-hybridized carbons (Fsp3) is 0.143. The van der Waals surface area contributed by atoms with Gasteiger partial charge in [0.05, 0.1) is 27.6 Å². The molecule has 3 aromatic rings. The third kappa shape index (κ3) is 6.36. The van der Waals surface area contributed by atoms with E-state index < -0.39 is 5.97 Å². The summed E-state index contributed by atoms with van der Waals surface area (Å²) < 4.78 is 21.1. The maximum Gasteiger partial charge on any atom is 0.341 e. The van der Waals surface area contributed by atoms with Crippen molar-refractivity contribution in [3.05, 3.63) is 107 Å². The molecule has 0 fully saturated rings. The fourth-order valence-electron chi connectivity index (χ4n) is 3.27. The van der Waals surface area contributed by atoms with Crippen LogP contribution in [0.2, 0.25) is 0 Å². The van der Waals surface area contributed by atoms with E-state index >= 15 is 0 Å². The Balaban J connectivity index is 1.73. The molecular formula is C28H26O6. The van der Waals surface area contributed by atoms with Gasteiger partial charge in [0.2, 0.25) is 0 Å². The summed E-state index contributed by atoms with van der Waals surface area (Å²) in [7, 11) is 4.36. The number of allylic oxidation sites excluding steroid dienone is 1. The highest BCUT2D eigenvalue weighted by atomic mass is 16.5. The van der Waals surface area contributed by atoms with Crippen LogP contribution in [-0.2, 0) is 20.9 Å². The van der Waals surface area contributed by atoms with Crippen LogP contribution in [0.25, 0.3) is 11.6 Å². The van der Waals surface area contributed by atoms with Crippen LogP contribution in [0.15, 0.2) is 85.1 Å². The second-order valence-electron chi connectivity index (χ2n) is 7.21. The van der Waals surface area contributed by atoms with Crippen LogP contribution in [0.3, 0.4) is 0 Å². The molecule has 34 heavy (non-hydrogen) atoms. The van der Waals surface area contributed by atoms with Gasteiger partial charge < -0.3 is 18.9 Å². The van der Waals surface area contributed by atoms with Crippen LogP contribution < -0.4 is 9.47 Å². The fourth-order valence-corrected chi connectivity index (χ4v) is 3.27. The summed E-state index contributed by atoms with van der Waals surface area (Å²) in [5.41, 5.74) is 3.13. The minimum absolute atomic E-state index is 0.126. The normalized spacial score (nSPS) is 11.2. The first-order chi connectivity index (χ1) is 16.5. The monoisotopic (exact) mass is 458 g/mol. The van der Waals surface area contributed by atoms with Crippen molar-refractivity contribution in [2.24, 2.45) is 0 Å². The van der Waals surface area contributed by atoms with E-state index in [0.29, 0.717) is 28.2 Å². The van der Waals surface area contributed by atoms with Crippen LogP contribution >= 0.6 is 0 Å². The first kappa shape index (κ1) is 24.3. The lowest BCUT2D eigenvalue weighted by molar-refractivity contribution is -0.133. The summed E-state index contributed by atoms with van der Waals surface area (Å²) in [5.74, 6) is 0.633. The predicted octanol–water partition coefficient (Wildman–Crippen LogP) is 5.33. The third-order valence-electron chi connectivity index (χ3n) is 4.98. The molecule has 0 aliphatic rings. The molecule has 0 aliphatic carbocycles. The second-order valence-corrected chi connectivity index (χ2v) is 7.21. The Morgan fingerprint density at radius 3 is 2.38 bits per heavy atom. The Kier molecular flexibility index (Phi) is 8.63. The molecule has 0 radical (unpaired) electrons. The zero-order chi connectivity index (χ0) is 24.3. The summed E-state index contributed by atoms with van der Waals surface area (Å²) in [6.07, 6.45) is 4.61. The van der Waals surface area contributed by atoms with Crippen molar-refractivity contribution in [2.45, 2.75) is 6.61 Å². The van der Waals surface area contributed by atoms with E-state index in [-0.39, 0.29) is 12.4 Å².